The number of hydrogen-bond donors (Lipinski definition) is 1. The number of aryl methyl sites for hydroxylation is 1. The molecule has 2 aliphatic rings. The summed E-state index contributed by atoms with van der Waals surface area (Å²) >= 11 is 0. The van der Waals surface area contributed by atoms with Crippen LogP contribution in [0.1, 0.15) is 37.3 Å². The summed E-state index contributed by atoms with van der Waals surface area (Å²) in [4.78, 5) is 9.84. The predicted octanol–water partition coefficient (Wildman–Crippen LogP) is 4.09. The minimum Gasteiger partial charge on any atom is -0.490 e. The van der Waals surface area contributed by atoms with Gasteiger partial charge in [-0.2, -0.15) is 0 Å². The maximum absolute atomic E-state index is 6.16. The Morgan fingerprint density at radius 1 is 1.09 bits per heavy atom. The number of benzene rings is 1. The second kappa shape index (κ2) is 13.2. The summed E-state index contributed by atoms with van der Waals surface area (Å²) in [6.07, 6.45) is 2.23. The lowest BCUT2D eigenvalue weighted by molar-refractivity contribution is 0.0134. The summed E-state index contributed by atoms with van der Waals surface area (Å²) in [7, 11) is 0. The highest BCUT2D eigenvalue weighted by atomic mass is 127. The normalized spacial score (nSPS) is 19.1. The number of nitrogens with zero attached hydrogens (tertiary/aromatic N) is 3. The van der Waals surface area contributed by atoms with Gasteiger partial charge in [0.25, 0.3) is 0 Å². The maximum atomic E-state index is 6.16. The third-order valence-electron chi connectivity index (χ3n) is 6.11. The quantitative estimate of drug-likeness (QED) is 0.309. The number of guanidine groups is 1. The van der Waals surface area contributed by atoms with Crippen molar-refractivity contribution in [1.82, 2.24) is 15.1 Å². The second-order valence-electron chi connectivity index (χ2n) is 8.42. The summed E-state index contributed by atoms with van der Waals surface area (Å²) < 4.78 is 17.7. The zero-order valence-corrected chi connectivity index (χ0v) is 22.1. The van der Waals surface area contributed by atoms with E-state index in [4.69, 9.17) is 18.9 Å². The number of morpholine rings is 1. The Hall–Kier alpha value is -1.78. The van der Waals surface area contributed by atoms with Gasteiger partial charge in [-0.25, -0.2) is 0 Å². The molecule has 2 saturated heterocycles. The van der Waals surface area contributed by atoms with Crippen LogP contribution in [0.25, 0.3) is 0 Å². The van der Waals surface area contributed by atoms with Crippen molar-refractivity contribution in [3.05, 3.63) is 54.0 Å². The number of piperidine rings is 1. The van der Waals surface area contributed by atoms with Gasteiger partial charge < -0.3 is 24.1 Å². The number of likely N-dealkylation sites (tertiary alicyclic amines) is 1. The molecule has 1 N–H and O–H groups in total. The number of aliphatic imine (C=N–C) groups is 1. The van der Waals surface area contributed by atoms with Crippen molar-refractivity contribution in [2.45, 2.75) is 38.8 Å². The Bertz CT molecular complexity index is 846. The molecule has 0 spiro atoms. The van der Waals surface area contributed by atoms with Gasteiger partial charge in [0.2, 0.25) is 0 Å². The Morgan fingerprint density at radius 2 is 1.82 bits per heavy atom. The van der Waals surface area contributed by atoms with E-state index in [0.717, 1.165) is 82.0 Å². The predicted molar refractivity (Wildman–Crippen MR) is 142 cm³/mol. The van der Waals surface area contributed by atoms with Gasteiger partial charge in [-0.15, -0.1) is 24.0 Å². The molecule has 4 rings (SSSR count). The molecule has 2 aliphatic heterocycles. The highest BCUT2D eigenvalue weighted by Gasteiger charge is 2.27. The highest BCUT2D eigenvalue weighted by Crippen LogP contribution is 2.25. The van der Waals surface area contributed by atoms with E-state index in [1.165, 1.54) is 0 Å². The molecule has 0 radical (unpaired) electrons. The molecule has 182 valence electrons. The summed E-state index contributed by atoms with van der Waals surface area (Å²) in [6.45, 7) is 10.8. The summed E-state index contributed by atoms with van der Waals surface area (Å²) in [6, 6.07) is 14.4. The van der Waals surface area contributed by atoms with E-state index in [1.807, 2.05) is 43.3 Å². The molecule has 0 amide bonds. The summed E-state index contributed by atoms with van der Waals surface area (Å²) in [5, 5.41) is 3.49. The summed E-state index contributed by atoms with van der Waals surface area (Å²) in [5.41, 5.74) is 0. The lowest BCUT2D eigenvalue weighted by atomic mass is 10.1. The topological polar surface area (TPSA) is 62.5 Å². The molecule has 1 aromatic heterocycles. The largest absolute Gasteiger partial charge is 0.490 e. The SMILES string of the molecule is CCNC(=NCC(c1ccc(C)o1)N1CCOCC1)N1CCC(Oc2ccccc2)CC1.I. The van der Waals surface area contributed by atoms with Crippen LogP contribution in [0.15, 0.2) is 51.9 Å². The molecule has 1 atom stereocenters. The van der Waals surface area contributed by atoms with Crippen LogP contribution in [0.4, 0.5) is 0 Å². The van der Waals surface area contributed by atoms with Crippen LogP contribution in [0.2, 0.25) is 0 Å². The van der Waals surface area contributed by atoms with Crippen LogP contribution in [-0.4, -0.2) is 74.3 Å². The van der Waals surface area contributed by atoms with Gasteiger partial charge in [0, 0.05) is 45.6 Å². The van der Waals surface area contributed by atoms with Crippen molar-refractivity contribution in [2.75, 3.05) is 52.5 Å². The van der Waals surface area contributed by atoms with Gasteiger partial charge in [-0.05, 0) is 38.1 Å². The number of nitrogens with one attached hydrogen (secondary N) is 1. The zero-order valence-electron chi connectivity index (χ0n) is 19.7. The highest BCUT2D eigenvalue weighted by molar-refractivity contribution is 14.0. The first-order valence-electron chi connectivity index (χ1n) is 11.9. The van der Waals surface area contributed by atoms with Crippen LogP contribution >= 0.6 is 24.0 Å². The van der Waals surface area contributed by atoms with Crippen molar-refractivity contribution in [1.29, 1.82) is 0 Å². The molecular formula is C25H37IN4O3. The van der Waals surface area contributed by atoms with E-state index in [9.17, 15) is 0 Å². The van der Waals surface area contributed by atoms with Crippen molar-refractivity contribution in [2.24, 2.45) is 4.99 Å². The average molecular weight is 569 g/mol. The fourth-order valence-corrected chi connectivity index (χ4v) is 4.38. The molecule has 0 aliphatic carbocycles. The van der Waals surface area contributed by atoms with Crippen molar-refractivity contribution < 1.29 is 13.9 Å². The molecular weight excluding hydrogens is 531 g/mol. The molecule has 1 aromatic carbocycles. The molecule has 2 aromatic rings. The summed E-state index contributed by atoms with van der Waals surface area (Å²) in [5.74, 6) is 3.86. The lowest BCUT2D eigenvalue weighted by Crippen LogP contribution is -2.48. The molecule has 3 heterocycles. The lowest BCUT2D eigenvalue weighted by Gasteiger charge is -2.35. The van der Waals surface area contributed by atoms with Crippen LogP contribution < -0.4 is 10.1 Å². The fraction of sp³-hybridized carbons (Fsp3) is 0.560. The zero-order chi connectivity index (χ0) is 22.2. The maximum Gasteiger partial charge on any atom is 0.193 e. The third-order valence-corrected chi connectivity index (χ3v) is 6.11. The van der Waals surface area contributed by atoms with Crippen molar-refractivity contribution >= 4 is 29.9 Å². The number of halogens is 1. The minimum absolute atomic E-state index is 0. The van der Waals surface area contributed by atoms with Gasteiger partial charge in [0.15, 0.2) is 5.96 Å². The Kier molecular flexibility index (Phi) is 10.3. The Balaban J connectivity index is 0.00000306. The Morgan fingerprint density at radius 3 is 2.45 bits per heavy atom. The first-order chi connectivity index (χ1) is 15.7. The van der Waals surface area contributed by atoms with Gasteiger partial charge in [-0.3, -0.25) is 9.89 Å². The molecule has 0 bridgehead atoms. The molecule has 7 nitrogen and oxygen atoms in total. The van der Waals surface area contributed by atoms with Crippen LogP contribution in [0.3, 0.4) is 0 Å². The number of furan rings is 1. The number of ether oxygens (including phenoxy) is 2. The van der Waals surface area contributed by atoms with E-state index in [-0.39, 0.29) is 36.1 Å². The van der Waals surface area contributed by atoms with E-state index in [1.54, 1.807) is 0 Å². The standard InChI is InChI=1S/C25H36N4O3.HI/c1-3-26-25(29-13-11-22(12-14-29)32-21-7-5-4-6-8-21)27-19-23(24-10-9-20(2)31-24)28-15-17-30-18-16-28;/h4-10,22-23H,3,11-19H2,1-2H3,(H,26,27);1H. The minimum atomic E-state index is 0. The average Bonchev–Trinajstić information content (AvgIpc) is 3.26. The number of hydrogen-bond acceptors (Lipinski definition) is 5. The number of para-hydroxylation sites is 1. The Labute approximate surface area is 214 Å². The smallest absolute Gasteiger partial charge is 0.193 e. The van der Waals surface area contributed by atoms with Gasteiger partial charge in [-0.1, -0.05) is 18.2 Å². The molecule has 33 heavy (non-hydrogen) atoms. The molecule has 1 unspecified atom stereocenters. The second-order valence-corrected chi connectivity index (χ2v) is 8.42. The third kappa shape index (κ3) is 7.35. The first-order valence-corrected chi connectivity index (χ1v) is 11.9. The van der Waals surface area contributed by atoms with E-state index < -0.39 is 0 Å². The van der Waals surface area contributed by atoms with E-state index in [2.05, 4.69) is 28.1 Å². The van der Waals surface area contributed by atoms with E-state index in [0.29, 0.717) is 6.54 Å². The van der Waals surface area contributed by atoms with Crippen LogP contribution in [0.5, 0.6) is 5.75 Å². The van der Waals surface area contributed by atoms with Gasteiger partial charge >= 0.3 is 0 Å². The van der Waals surface area contributed by atoms with Crippen molar-refractivity contribution in [3.63, 3.8) is 0 Å². The monoisotopic (exact) mass is 568 g/mol. The van der Waals surface area contributed by atoms with Gasteiger partial charge in [0.05, 0.1) is 25.8 Å². The first kappa shape index (κ1) is 25.8. The molecule has 2 fully saturated rings. The van der Waals surface area contributed by atoms with Crippen LogP contribution in [0, 0.1) is 6.92 Å². The fourth-order valence-electron chi connectivity index (χ4n) is 4.38. The number of rotatable bonds is 7. The van der Waals surface area contributed by atoms with Gasteiger partial charge in [0.1, 0.15) is 23.4 Å². The van der Waals surface area contributed by atoms with Crippen LogP contribution in [-0.2, 0) is 4.74 Å². The van der Waals surface area contributed by atoms with Crippen molar-refractivity contribution in [3.8, 4) is 5.75 Å². The van der Waals surface area contributed by atoms with E-state index >= 15 is 0 Å². The molecule has 0 saturated carbocycles. The molecule has 8 heteroatoms.